The predicted octanol–water partition coefficient (Wildman–Crippen LogP) is 1.98. The number of carboxylic acid groups (broad SMARTS) is 1. The molecule has 0 spiro atoms. The summed E-state index contributed by atoms with van der Waals surface area (Å²) in [6, 6.07) is 1.62. The van der Waals surface area contributed by atoms with Crippen molar-refractivity contribution in [1.82, 2.24) is 0 Å². The lowest BCUT2D eigenvalue weighted by Gasteiger charge is -2.31. The Morgan fingerprint density at radius 2 is 1.69 bits per heavy atom. The SMILES string of the molecule is CCOC(=O)C1CCN(c2c([N+](=O)[O-])cc(C(=O)O)cc2[N+](=O)[O-])CC1. The summed E-state index contributed by atoms with van der Waals surface area (Å²) in [5.74, 6) is -2.23. The smallest absolute Gasteiger partial charge is 0.336 e. The van der Waals surface area contributed by atoms with Crippen LogP contribution in [0.15, 0.2) is 12.1 Å². The summed E-state index contributed by atoms with van der Waals surface area (Å²) in [6.45, 7) is 2.28. The van der Waals surface area contributed by atoms with Gasteiger partial charge < -0.3 is 14.7 Å². The fourth-order valence-electron chi connectivity index (χ4n) is 2.93. The second kappa shape index (κ2) is 7.76. The van der Waals surface area contributed by atoms with Crippen LogP contribution in [0, 0.1) is 26.1 Å². The minimum Gasteiger partial charge on any atom is -0.478 e. The number of hydrogen-bond donors (Lipinski definition) is 1. The third-order valence-electron chi connectivity index (χ3n) is 4.14. The number of carbonyl (C=O) groups excluding carboxylic acids is 1. The summed E-state index contributed by atoms with van der Waals surface area (Å²) in [7, 11) is 0. The molecule has 11 nitrogen and oxygen atoms in total. The number of anilines is 1. The quantitative estimate of drug-likeness (QED) is 0.451. The van der Waals surface area contributed by atoms with Crippen LogP contribution in [0.2, 0.25) is 0 Å². The van der Waals surface area contributed by atoms with Gasteiger partial charge in [-0.2, -0.15) is 0 Å². The van der Waals surface area contributed by atoms with E-state index >= 15 is 0 Å². The average Bonchev–Trinajstić information content (AvgIpc) is 2.60. The maximum absolute atomic E-state index is 11.8. The lowest BCUT2D eigenvalue weighted by atomic mass is 9.96. The number of rotatable bonds is 6. The van der Waals surface area contributed by atoms with E-state index in [2.05, 4.69) is 0 Å². The first-order valence-corrected chi connectivity index (χ1v) is 7.88. The van der Waals surface area contributed by atoms with Gasteiger partial charge in [0.1, 0.15) is 0 Å². The number of piperidine rings is 1. The molecule has 0 amide bonds. The van der Waals surface area contributed by atoms with Crippen molar-refractivity contribution in [2.75, 3.05) is 24.6 Å². The average molecular weight is 367 g/mol. The lowest BCUT2D eigenvalue weighted by Crippen LogP contribution is -2.37. The van der Waals surface area contributed by atoms with Crippen molar-refractivity contribution in [2.45, 2.75) is 19.8 Å². The predicted molar refractivity (Wildman–Crippen MR) is 88.3 cm³/mol. The summed E-state index contributed by atoms with van der Waals surface area (Å²) in [5.41, 5.74) is -2.07. The van der Waals surface area contributed by atoms with Crippen LogP contribution in [0.3, 0.4) is 0 Å². The number of esters is 1. The maximum Gasteiger partial charge on any atom is 0.336 e. The van der Waals surface area contributed by atoms with Crippen LogP contribution < -0.4 is 4.90 Å². The number of hydrogen-bond acceptors (Lipinski definition) is 8. The van der Waals surface area contributed by atoms with E-state index in [1.54, 1.807) is 6.92 Å². The van der Waals surface area contributed by atoms with E-state index in [0.29, 0.717) is 12.8 Å². The zero-order valence-corrected chi connectivity index (χ0v) is 13.9. The second-order valence-corrected chi connectivity index (χ2v) is 5.70. The van der Waals surface area contributed by atoms with Crippen molar-refractivity contribution in [1.29, 1.82) is 0 Å². The van der Waals surface area contributed by atoms with Gasteiger partial charge in [-0.25, -0.2) is 4.79 Å². The first-order chi connectivity index (χ1) is 12.3. The van der Waals surface area contributed by atoms with Gasteiger partial charge in [0, 0.05) is 25.2 Å². The first kappa shape index (κ1) is 19.1. The Balaban J connectivity index is 2.39. The Morgan fingerprint density at radius 3 is 2.08 bits per heavy atom. The Bertz CT molecular complexity index is 720. The zero-order chi connectivity index (χ0) is 19.4. The molecule has 0 saturated carbocycles. The molecule has 26 heavy (non-hydrogen) atoms. The van der Waals surface area contributed by atoms with E-state index in [1.807, 2.05) is 0 Å². The molecule has 1 heterocycles. The molecule has 0 radical (unpaired) electrons. The fraction of sp³-hybridized carbons (Fsp3) is 0.467. The molecule has 2 rings (SSSR count). The molecule has 1 aliphatic heterocycles. The van der Waals surface area contributed by atoms with Gasteiger partial charge in [-0.3, -0.25) is 25.0 Å². The largest absolute Gasteiger partial charge is 0.478 e. The summed E-state index contributed by atoms with van der Waals surface area (Å²) in [6.07, 6.45) is 0.654. The molecule has 0 aliphatic carbocycles. The third kappa shape index (κ3) is 3.87. The molecule has 0 aromatic heterocycles. The van der Waals surface area contributed by atoms with E-state index in [9.17, 15) is 29.8 Å². The van der Waals surface area contributed by atoms with Gasteiger partial charge in [0.2, 0.25) is 0 Å². The van der Waals surface area contributed by atoms with E-state index in [0.717, 1.165) is 12.1 Å². The van der Waals surface area contributed by atoms with E-state index < -0.39 is 32.8 Å². The Morgan fingerprint density at radius 1 is 1.19 bits per heavy atom. The number of carboxylic acids is 1. The second-order valence-electron chi connectivity index (χ2n) is 5.70. The van der Waals surface area contributed by atoms with Crippen LogP contribution in [-0.2, 0) is 9.53 Å². The highest BCUT2D eigenvalue weighted by atomic mass is 16.6. The molecule has 0 unspecified atom stereocenters. The first-order valence-electron chi connectivity index (χ1n) is 7.88. The Hall–Kier alpha value is -3.24. The van der Waals surface area contributed by atoms with Gasteiger partial charge in [0.15, 0.2) is 5.69 Å². The number of aromatic carboxylic acids is 1. The summed E-state index contributed by atoms with van der Waals surface area (Å²) in [5, 5.41) is 31.8. The molecule has 1 fully saturated rings. The molecule has 0 atom stereocenters. The zero-order valence-electron chi connectivity index (χ0n) is 13.9. The molecule has 1 aliphatic rings. The number of carbonyl (C=O) groups is 2. The topological polar surface area (TPSA) is 153 Å². The summed E-state index contributed by atoms with van der Waals surface area (Å²) in [4.78, 5) is 45.4. The highest BCUT2D eigenvalue weighted by molar-refractivity contribution is 5.92. The normalized spacial score (nSPS) is 14.7. The monoisotopic (exact) mass is 367 g/mol. The van der Waals surface area contributed by atoms with Crippen molar-refractivity contribution in [2.24, 2.45) is 5.92 Å². The fourth-order valence-corrected chi connectivity index (χ4v) is 2.93. The van der Waals surface area contributed by atoms with Crippen LogP contribution in [0.5, 0.6) is 0 Å². The Kier molecular flexibility index (Phi) is 5.70. The van der Waals surface area contributed by atoms with Crippen LogP contribution in [0.25, 0.3) is 0 Å². The molecule has 11 heteroatoms. The summed E-state index contributed by atoms with van der Waals surface area (Å²) < 4.78 is 4.95. The highest BCUT2D eigenvalue weighted by Gasteiger charge is 2.35. The van der Waals surface area contributed by atoms with Gasteiger partial charge in [0.25, 0.3) is 0 Å². The molecule has 1 saturated heterocycles. The number of ether oxygens (including phenoxy) is 1. The van der Waals surface area contributed by atoms with Crippen LogP contribution in [0.1, 0.15) is 30.1 Å². The molecule has 0 bridgehead atoms. The molecule has 1 N–H and O–H groups in total. The molecule has 1 aromatic rings. The van der Waals surface area contributed by atoms with Gasteiger partial charge in [-0.05, 0) is 19.8 Å². The van der Waals surface area contributed by atoms with Gasteiger partial charge in [-0.15, -0.1) is 0 Å². The summed E-state index contributed by atoms with van der Waals surface area (Å²) >= 11 is 0. The van der Waals surface area contributed by atoms with Gasteiger partial charge in [0.05, 0.1) is 27.9 Å². The number of benzene rings is 1. The number of nitro benzene ring substituents is 2. The van der Waals surface area contributed by atoms with Crippen molar-refractivity contribution >= 4 is 29.0 Å². The van der Waals surface area contributed by atoms with Crippen molar-refractivity contribution in [3.8, 4) is 0 Å². The van der Waals surface area contributed by atoms with Crippen LogP contribution in [-0.4, -0.2) is 46.6 Å². The number of nitro groups is 2. The lowest BCUT2D eigenvalue weighted by molar-refractivity contribution is -0.392. The highest BCUT2D eigenvalue weighted by Crippen LogP contribution is 2.40. The standard InChI is InChI=1S/C15H17N3O8/c1-2-26-15(21)9-3-5-16(6-4-9)13-11(17(22)23)7-10(14(19)20)8-12(13)18(24)25/h7-9H,2-6H2,1H3,(H,19,20). The number of nitrogens with zero attached hydrogens (tertiary/aromatic N) is 3. The van der Waals surface area contributed by atoms with E-state index in [4.69, 9.17) is 9.84 Å². The molecule has 1 aromatic carbocycles. The van der Waals surface area contributed by atoms with Crippen molar-refractivity contribution in [3.05, 3.63) is 37.9 Å². The third-order valence-corrected chi connectivity index (χ3v) is 4.14. The van der Waals surface area contributed by atoms with Gasteiger partial charge in [-0.1, -0.05) is 0 Å². The van der Waals surface area contributed by atoms with Crippen LogP contribution in [0.4, 0.5) is 17.1 Å². The maximum atomic E-state index is 11.8. The minimum absolute atomic E-state index is 0.178. The van der Waals surface area contributed by atoms with E-state index in [-0.39, 0.29) is 37.3 Å². The Labute approximate surface area is 147 Å². The minimum atomic E-state index is -1.50. The van der Waals surface area contributed by atoms with Crippen molar-refractivity contribution < 1.29 is 29.3 Å². The van der Waals surface area contributed by atoms with Gasteiger partial charge >= 0.3 is 23.3 Å². The van der Waals surface area contributed by atoms with Crippen molar-refractivity contribution in [3.63, 3.8) is 0 Å². The molecule has 140 valence electrons. The van der Waals surface area contributed by atoms with Crippen LogP contribution >= 0.6 is 0 Å². The molecular weight excluding hydrogens is 350 g/mol. The van der Waals surface area contributed by atoms with E-state index in [1.165, 1.54) is 4.90 Å². The molecular formula is C15H17N3O8.